The van der Waals surface area contributed by atoms with Crippen LogP contribution in [0.4, 0.5) is 5.00 Å². The topological polar surface area (TPSA) is 104 Å². The Morgan fingerprint density at radius 2 is 1.96 bits per heavy atom. The highest BCUT2D eigenvalue weighted by Gasteiger charge is 2.19. The molecule has 27 heavy (non-hydrogen) atoms. The Kier molecular flexibility index (Phi) is 7.30. The SMILES string of the molecule is CCOC(=O)c1cc(CC)sc1NC(=O)COC(=O)Cn1ccccc1=O. The lowest BCUT2D eigenvalue weighted by atomic mass is 10.2. The molecule has 0 fully saturated rings. The summed E-state index contributed by atoms with van der Waals surface area (Å²) in [7, 11) is 0. The highest BCUT2D eigenvalue weighted by Crippen LogP contribution is 2.29. The third-order valence-corrected chi connectivity index (χ3v) is 4.64. The first kappa shape index (κ1) is 20.4. The molecule has 0 saturated heterocycles. The summed E-state index contributed by atoms with van der Waals surface area (Å²) in [4.78, 5) is 48.3. The third-order valence-electron chi connectivity index (χ3n) is 3.44. The van der Waals surface area contributed by atoms with Crippen molar-refractivity contribution in [1.29, 1.82) is 0 Å². The van der Waals surface area contributed by atoms with E-state index in [0.29, 0.717) is 11.4 Å². The number of hydrogen-bond donors (Lipinski definition) is 1. The summed E-state index contributed by atoms with van der Waals surface area (Å²) < 4.78 is 11.0. The maximum absolute atomic E-state index is 12.1. The summed E-state index contributed by atoms with van der Waals surface area (Å²) >= 11 is 1.26. The standard InChI is InChI=1S/C18H20N2O6S/c1-3-12-9-13(18(24)25-4-2)17(27-12)19-14(21)11-26-16(23)10-20-8-6-5-7-15(20)22/h5-9H,3-4,10-11H2,1-2H3,(H,19,21). The van der Waals surface area contributed by atoms with Crippen molar-refractivity contribution >= 4 is 34.2 Å². The summed E-state index contributed by atoms with van der Waals surface area (Å²) in [6.45, 7) is 3.03. The number of aryl methyl sites for hydroxylation is 1. The molecule has 0 atom stereocenters. The quantitative estimate of drug-likeness (QED) is 0.688. The van der Waals surface area contributed by atoms with E-state index in [1.807, 2.05) is 6.92 Å². The fourth-order valence-electron chi connectivity index (χ4n) is 2.15. The average Bonchev–Trinajstić information content (AvgIpc) is 3.05. The molecule has 0 aliphatic rings. The number of amides is 1. The molecule has 2 heterocycles. The highest BCUT2D eigenvalue weighted by atomic mass is 32.1. The van der Waals surface area contributed by atoms with E-state index in [0.717, 1.165) is 4.88 Å². The minimum atomic E-state index is -0.718. The fourth-order valence-corrected chi connectivity index (χ4v) is 3.15. The number of carbonyl (C=O) groups excluding carboxylic acids is 3. The van der Waals surface area contributed by atoms with Crippen LogP contribution in [0.15, 0.2) is 35.3 Å². The first-order chi connectivity index (χ1) is 12.9. The first-order valence-electron chi connectivity index (χ1n) is 8.35. The summed E-state index contributed by atoms with van der Waals surface area (Å²) in [5, 5.41) is 2.92. The lowest BCUT2D eigenvalue weighted by Crippen LogP contribution is -2.27. The molecule has 0 aliphatic heterocycles. The Hall–Kier alpha value is -2.94. The minimum Gasteiger partial charge on any atom is -0.462 e. The molecule has 0 saturated carbocycles. The lowest BCUT2D eigenvalue weighted by molar-refractivity contribution is -0.147. The van der Waals surface area contributed by atoms with Crippen LogP contribution in [-0.4, -0.2) is 35.6 Å². The van der Waals surface area contributed by atoms with Gasteiger partial charge in [0.05, 0.1) is 12.2 Å². The molecule has 2 aromatic rings. The van der Waals surface area contributed by atoms with Crippen molar-refractivity contribution in [3.8, 4) is 0 Å². The normalized spacial score (nSPS) is 10.3. The maximum Gasteiger partial charge on any atom is 0.341 e. The number of nitrogens with one attached hydrogen (secondary N) is 1. The van der Waals surface area contributed by atoms with Crippen LogP contribution < -0.4 is 10.9 Å². The van der Waals surface area contributed by atoms with Crippen LogP contribution in [0.25, 0.3) is 0 Å². The van der Waals surface area contributed by atoms with E-state index in [9.17, 15) is 19.2 Å². The second-order valence-electron chi connectivity index (χ2n) is 5.41. The summed E-state index contributed by atoms with van der Waals surface area (Å²) in [5.74, 6) is -1.83. The lowest BCUT2D eigenvalue weighted by Gasteiger charge is -2.08. The summed E-state index contributed by atoms with van der Waals surface area (Å²) in [6, 6.07) is 6.16. The van der Waals surface area contributed by atoms with Gasteiger partial charge in [0, 0.05) is 17.1 Å². The van der Waals surface area contributed by atoms with Crippen LogP contribution in [-0.2, 0) is 32.0 Å². The fraction of sp³-hybridized carbons (Fsp3) is 0.333. The van der Waals surface area contributed by atoms with Crippen molar-refractivity contribution in [2.45, 2.75) is 26.8 Å². The van der Waals surface area contributed by atoms with Crippen LogP contribution in [0.2, 0.25) is 0 Å². The van der Waals surface area contributed by atoms with E-state index in [1.54, 1.807) is 25.1 Å². The largest absolute Gasteiger partial charge is 0.462 e. The van der Waals surface area contributed by atoms with Gasteiger partial charge in [0.1, 0.15) is 11.5 Å². The van der Waals surface area contributed by atoms with Crippen molar-refractivity contribution in [1.82, 2.24) is 4.57 Å². The van der Waals surface area contributed by atoms with Crippen molar-refractivity contribution < 1.29 is 23.9 Å². The van der Waals surface area contributed by atoms with E-state index < -0.39 is 24.5 Å². The molecule has 1 N–H and O–H groups in total. The summed E-state index contributed by atoms with van der Waals surface area (Å²) in [5.41, 5.74) is -0.0714. The van der Waals surface area contributed by atoms with Gasteiger partial charge in [-0.15, -0.1) is 11.3 Å². The smallest absolute Gasteiger partial charge is 0.341 e. The van der Waals surface area contributed by atoms with Crippen LogP contribution >= 0.6 is 11.3 Å². The van der Waals surface area contributed by atoms with Crippen molar-refractivity contribution in [2.75, 3.05) is 18.5 Å². The Labute approximate surface area is 159 Å². The molecule has 0 unspecified atom stereocenters. The number of hydrogen-bond acceptors (Lipinski definition) is 7. The molecule has 9 heteroatoms. The van der Waals surface area contributed by atoms with E-state index in [4.69, 9.17) is 9.47 Å². The number of aromatic nitrogens is 1. The number of esters is 2. The van der Waals surface area contributed by atoms with Crippen molar-refractivity contribution in [2.24, 2.45) is 0 Å². The monoisotopic (exact) mass is 392 g/mol. The van der Waals surface area contributed by atoms with Gasteiger partial charge in [-0.05, 0) is 25.5 Å². The molecule has 144 valence electrons. The van der Waals surface area contributed by atoms with Gasteiger partial charge in [0.2, 0.25) is 0 Å². The predicted molar refractivity (Wildman–Crippen MR) is 99.9 cm³/mol. The zero-order valence-electron chi connectivity index (χ0n) is 15.0. The van der Waals surface area contributed by atoms with Gasteiger partial charge in [-0.3, -0.25) is 14.4 Å². The van der Waals surface area contributed by atoms with Crippen LogP contribution in [0, 0.1) is 0 Å². The number of carbonyl (C=O) groups is 3. The second kappa shape index (κ2) is 9.67. The molecular formula is C18H20N2O6S. The summed E-state index contributed by atoms with van der Waals surface area (Å²) in [6.07, 6.45) is 2.15. The maximum atomic E-state index is 12.1. The number of nitrogens with zero attached hydrogens (tertiary/aromatic N) is 1. The molecule has 0 radical (unpaired) electrons. The highest BCUT2D eigenvalue weighted by molar-refractivity contribution is 7.16. The molecule has 0 aromatic carbocycles. The molecule has 0 spiro atoms. The van der Waals surface area contributed by atoms with E-state index in [1.165, 1.54) is 28.2 Å². The first-order valence-corrected chi connectivity index (χ1v) is 9.17. The van der Waals surface area contributed by atoms with Gasteiger partial charge in [-0.2, -0.15) is 0 Å². The van der Waals surface area contributed by atoms with E-state index in [2.05, 4.69) is 5.32 Å². The average molecular weight is 392 g/mol. The number of ether oxygens (including phenoxy) is 2. The van der Waals surface area contributed by atoms with Gasteiger partial charge < -0.3 is 19.4 Å². The predicted octanol–water partition coefficient (Wildman–Crippen LogP) is 1.83. The third kappa shape index (κ3) is 5.78. The molecule has 0 bridgehead atoms. The van der Waals surface area contributed by atoms with Gasteiger partial charge in [0.15, 0.2) is 6.61 Å². The van der Waals surface area contributed by atoms with Gasteiger partial charge in [0.25, 0.3) is 11.5 Å². The molecular weight excluding hydrogens is 372 g/mol. The Bertz CT molecular complexity index is 886. The molecule has 0 aliphatic carbocycles. The van der Waals surface area contributed by atoms with E-state index >= 15 is 0 Å². The number of anilines is 1. The van der Waals surface area contributed by atoms with Gasteiger partial charge in [-0.25, -0.2) is 4.79 Å². The molecule has 1 amide bonds. The van der Waals surface area contributed by atoms with E-state index in [-0.39, 0.29) is 24.3 Å². The Morgan fingerprint density at radius 1 is 1.19 bits per heavy atom. The molecule has 8 nitrogen and oxygen atoms in total. The molecule has 2 rings (SSSR count). The second-order valence-corrected chi connectivity index (χ2v) is 6.54. The zero-order chi connectivity index (χ0) is 19.8. The van der Waals surface area contributed by atoms with Crippen LogP contribution in [0.3, 0.4) is 0 Å². The van der Waals surface area contributed by atoms with Crippen molar-refractivity contribution in [3.05, 3.63) is 51.3 Å². The Morgan fingerprint density at radius 3 is 2.63 bits per heavy atom. The zero-order valence-corrected chi connectivity index (χ0v) is 15.8. The van der Waals surface area contributed by atoms with Crippen LogP contribution in [0.5, 0.6) is 0 Å². The number of rotatable bonds is 8. The number of pyridine rings is 1. The van der Waals surface area contributed by atoms with Gasteiger partial charge >= 0.3 is 11.9 Å². The minimum absolute atomic E-state index is 0.222. The van der Waals surface area contributed by atoms with Crippen molar-refractivity contribution in [3.63, 3.8) is 0 Å². The Balaban J connectivity index is 1.94. The molecule has 2 aromatic heterocycles. The van der Waals surface area contributed by atoms with Gasteiger partial charge in [-0.1, -0.05) is 13.0 Å². The number of thiophene rings is 1. The van der Waals surface area contributed by atoms with Crippen LogP contribution in [0.1, 0.15) is 29.1 Å².